The third-order valence-corrected chi connectivity index (χ3v) is 2.09. The monoisotopic (exact) mass is 274 g/mol. The number of alkyl halides is 2. The molecule has 1 amide bonds. The molecule has 0 saturated heterocycles. The molecule has 0 bridgehead atoms. The number of carbonyl (C=O) groups excluding carboxylic acids is 1. The molecular weight excluding hydrogens is 262 g/mol. The molecule has 0 radical (unpaired) electrons. The number of carbonyl (C=O) groups is 1. The minimum Gasteiger partial charge on any atom is -0.370 e. The highest BCUT2D eigenvalue weighted by Crippen LogP contribution is 2.19. The molecule has 104 valence electrons. The predicted molar refractivity (Wildman–Crippen MR) is 63.4 cm³/mol. The van der Waals surface area contributed by atoms with E-state index in [1.807, 2.05) is 5.32 Å². The van der Waals surface area contributed by atoms with Gasteiger partial charge in [0.15, 0.2) is 0 Å². The van der Waals surface area contributed by atoms with E-state index in [4.69, 9.17) is 0 Å². The van der Waals surface area contributed by atoms with Crippen LogP contribution in [0.15, 0.2) is 12.3 Å². The summed E-state index contributed by atoms with van der Waals surface area (Å²) in [6.45, 7) is 1.34. The van der Waals surface area contributed by atoms with Crippen LogP contribution in [-0.2, 0) is 0 Å². The third-order valence-electron chi connectivity index (χ3n) is 2.09. The van der Waals surface area contributed by atoms with Crippen LogP contribution >= 0.6 is 0 Å². The van der Waals surface area contributed by atoms with Crippen LogP contribution in [0.25, 0.3) is 0 Å². The van der Waals surface area contributed by atoms with E-state index in [2.05, 4.69) is 10.3 Å². The highest BCUT2D eigenvalue weighted by atomic mass is 19.3. The number of pyridine rings is 1. The maximum absolute atomic E-state index is 12.0. The number of halogens is 2. The van der Waals surface area contributed by atoms with E-state index >= 15 is 0 Å². The molecule has 0 aromatic carbocycles. The normalized spacial score (nSPS) is 10.3. The van der Waals surface area contributed by atoms with Crippen molar-refractivity contribution in [3.8, 4) is 0 Å². The van der Waals surface area contributed by atoms with Crippen molar-refractivity contribution in [1.82, 2.24) is 10.3 Å². The minimum atomic E-state index is -2.70. The van der Waals surface area contributed by atoms with E-state index in [-0.39, 0.29) is 17.1 Å². The van der Waals surface area contributed by atoms with Gasteiger partial charge < -0.3 is 10.6 Å². The van der Waals surface area contributed by atoms with Crippen LogP contribution in [0.3, 0.4) is 0 Å². The molecule has 1 aromatic heterocycles. The van der Waals surface area contributed by atoms with Crippen LogP contribution in [0.2, 0.25) is 0 Å². The van der Waals surface area contributed by atoms with E-state index in [1.54, 1.807) is 6.92 Å². The van der Waals surface area contributed by atoms with Gasteiger partial charge in [0.1, 0.15) is 12.0 Å². The van der Waals surface area contributed by atoms with Crippen molar-refractivity contribution in [2.45, 2.75) is 13.3 Å². The van der Waals surface area contributed by atoms with Crippen molar-refractivity contribution >= 4 is 17.4 Å². The van der Waals surface area contributed by atoms with E-state index in [0.29, 0.717) is 6.54 Å². The number of amides is 1. The molecule has 0 fully saturated rings. The second-order valence-corrected chi connectivity index (χ2v) is 3.48. The standard InChI is InChI=1S/C10H12F2N4O3/c1-2-13-9-7(10(17)15-5-8(11)12)3-6(4-14-9)16(18)19/h3-4,8H,2,5H2,1H3,(H,13,14)(H,15,17). The Bertz CT molecular complexity index is 482. The summed E-state index contributed by atoms with van der Waals surface area (Å²) >= 11 is 0. The summed E-state index contributed by atoms with van der Waals surface area (Å²) in [5.74, 6) is -0.729. The molecule has 0 aliphatic heterocycles. The van der Waals surface area contributed by atoms with Crippen LogP contribution in [-0.4, -0.2) is 35.3 Å². The van der Waals surface area contributed by atoms with Crippen molar-refractivity contribution in [1.29, 1.82) is 0 Å². The zero-order chi connectivity index (χ0) is 14.4. The highest BCUT2D eigenvalue weighted by molar-refractivity contribution is 5.99. The Morgan fingerprint density at radius 1 is 1.58 bits per heavy atom. The molecule has 7 nitrogen and oxygen atoms in total. The maximum atomic E-state index is 12.0. The largest absolute Gasteiger partial charge is 0.370 e. The van der Waals surface area contributed by atoms with Gasteiger partial charge in [0.25, 0.3) is 18.0 Å². The zero-order valence-electron chi connectivity index (χ0n) is 10.0. The molecule has 0 atom stereocenters. The van der Waals surface area contributed by atoms with Gasteiger partial charge in [-0.2, -0.15) is 0 Å². The average molecular weight is 274 g/mol. The number of aromatic nitrogens is 1. The van der Waals surface area contributed by atoms with Crippen molar-refractivity contribution < 1.29 is 18.5 Å². The fraction of sp³-hybridized carbons (Fsp3) is 0.400. The quantitative estimate of drug-likeness (QED) is 0.604. The van der Waals surface area contributed by atoms with Gasteiger partial charge in [-0.25, -0.2) is 13.8 Å². The van der Waals surface area contributed by atoms with Crippen molar-refractivity contribution in [2.24, 2.45) is 0 Å². The lowest BCUT2D eigenvalue weighted by Crippen LogP contribution is -2.29. The zero-order valence-corrected chi connectivity index (χ0v) is 10.0. The second kappa shape index (κ2) is 6.57. The number of rotatable bonds is 6. The number of hydrogen-bond donors (Lipinski definition) is 2. The fourth-order valence-corrected chi connectivity index (χ4v) is 1.30. The van der Waals surface area contributed by atoms with Crippen LogP contribution in [0, 0.1) is 10.1 Å². The van der Waals surface area contributed by atoms with Crippen molar-refractivity contribution in [3.05, 3.63) is 27.9 Å². The van der Waals surface area contributed by atoms with Crippen LogP contribution in [0.1, 0.15) is 17.3 Å². The first kappa shape index (κ1) is 14.7. The smallest absolute Gasteiger partial charge is 0.288 e. The van der Waals surface area contributed by atoms with E-state index in [1.165, 1.54) is 0 Å². The molecule has 1 rings (SSSR count). The molecule has 0 saturated carbocycles. The van der Waals surface area contributed by atoms with E-state index in [0.717, 1.165) is 12.3 Å². The summed E-state index contributed by atoms with van der Waals surface area (Å²) in [5, 5.41) is 15.3. The summed E-state index contributed by atoms with van der Waals surface area (Å²) in [6, 6.07) is 0.992. The average Bonchev–Trinajstić information content (AvgIpc) is 2.36. The maximum Gasteiger partial charge on any atom is 0.288 e. The SMILES string of the molecule is CCNc1ncc([N+](=O)[O-])cc1C(=O)NCC(F)F. The van der Waals surface area contributed by atoms with Gasteiger partial charge in [0, 0.05) is 12.6 Å². The molecule has 2 N–H and O–H groups in total. The summed E-state index contributed by atoms with van der Waals surface area (Å²) < 4.78 is 24.0. The van der Waals surface area contributed by atoms with Crippen LogP contribution < -0.4 is 10.6 Å². The molecule has 1 aromatic rings. The third kappa shape index (κ3) is 4.12. The summed E-state index contributed by atoms with van der Waals surface area (Å²) in [7, 11) is 0. The Kier molecular flexibility index (Phi) is 5.10. The fourth-order valence-electron chi connectivity index (χ4n) is 1.30. The summed E-state index contributed by atoms with van der Waals surface area (Å²) in [4.78, 5) is 25.3. The minimum absolute atomic E-state index is 0.111. The molecular formula is C10H12F2N4O3. The Balaban J connectivity index is 3.02. The van der Waals surface area contributed by atoms with Crippen LogP contribution in [0.5, 0.6) is 0 Å². The van der Waals surface area contributed by atoms with E-state index < -0.39 is 23.8 Å². The van der Waals surface area contributed by atoms with Crippen molar-refractivity contribution in [2.75, 3.05) is 18.4 Å². The van der Waals surface area contributed by atoms with Crippen LogP contribution in [0.4, 0.5) is 20.3 Å². The van der Waals surface area contributed by atoms with Gasteiger partial charge in [-0.15, -0.1) is 0 Å². The first-order chi connectivity index (χ1) is 8.95. The van der Waals surface area contributed by atoms with Gasteiger partial charge in [-0.05, 0) is 6.92 Å². The Morgan fingerprint density at radius 3 is 2.79 bits per heavy atom. The van der Waals surface area contributed by atoms with Gasteiger partial charge in [0.2, 0.25) is 0 Å². The number of nitrogens with one attached hydrogen (secondary N) is 2. The number of nitro groups is 1. The second-order valence-electron chi connectivity index (χ2n) is 3.48. The molecule has 0 unspecified atom stereocenters. The van der Waals surface area contributed by atoms with Gasteiger partial charge >= 0.3 is 0 Å². The predicted octanol–water partition coefficient (Wildman–Crippen LogP) is 1.42. The summed E-state index contributed by atoms with van der Waals surface area (Å²) in [6.07, 6.45) is -1.71. The molecule has 1 heterocycles. The number of anilines is 1. The molecule has 0 aliphatic carbocycles. The van der Waals surface area contributed by atoms with Gasteiger partial charge in [-0.1, -0.05) is 0 Å². The lowest BCUT2D eigenvalue weighted by Gasteiger charge is -2.09. The van der Waals surface area contributed by atoms with Gasteiger partial charge in [0.05, 0.1) is 17.0 Å². The Labute approximate surface area is 107 Å². The van der Waals surface area contributed by atoms with Crippen molar-refractivity contribution in [3.63, 3.8) is 0 Å². The first-order valence-corrected chi connectivity index (χ1v) is 5.40. The first-order valence-electron chi connectivity index (χ1n) is 5.40. The molecule has 19 heavy (non-hydrogen) atoms. The molecule has 0 spiro atoms. The highest BCUT2D eigenvalue weighted by Gasteiger charge is 2.18. The Hall–Kier alpha value is -2.32. The molecule has 9 heteroatoms. The lowest BCUT2D eigenvalue weighted by atomic mass is 10.2. The Morgan fingerprint density at radius 2 is 2.26 bits per heavy atom. The number of hydrogen-bond acceptors (Lipinski definition) is 5. The topological polar surface area (TPSA) is 97.2 Å². The lowest BCUT2D eigenvalue weighted by molar-refractivity contribution is -0.385. The number of nitrogens with zero attached hydrogens (tertiary/aromatic N) is 2. The van der Waals surface area contributed by atoms with E-state index in [9.17, 15) is 23.7 Å². The molecule has 0 aliphatic rings. The van der Waals surface area contributed by atoms with Gasteiger partial charge in [-0.3, -0.25) is 14.9 Å². The summed E-state index contributed by atoms with van der Waals surface area (Å²) in [5.41, 5.74) is -0.527.